The van der Waals surface area contributed by atoms with Gasteiger partial charge in [0.1, 0.15) is 11.4 Å². The Labute approximate surface area is 132 Å². The summed E-state index contributed by atoms with van der Waals surface area (Å²) in [6.07, 6.45) is 4.30. The quantitative estimate of drug-likeness (QED) is 0.555. The first-order valence-corrected chi connectivity index (χ1v) is 7.40. The number of phenolic OH excluding ortho intramolecular Hbond substituents is 1. The smallest absolute Gasteiger partial charge is 0.271 e. The van der Waals surface area contributed by atoms with Gasteiger partial charge < -0.3 is 16.6 Å². The van der Waals surface area contributed by atoms with Crippen LogP contribution >= 0.6 is 0 Å². The van der Waals surface area contributed by atoms with Crippen LogP contribution in [0.1, 0.15) is 32.1 Å². The third kappa shape index (κ3) is 2.54. The van der Waals surface area contributed by atoms with E-state index in [0.717, 1.165) is 19.3 Å². The number of nitro groups is 1. The van der Waals surface area contributed by atoms with Gasteiger partial charge in [-0.3, -0.25) is 15.0 Å². The molecule has 0 aromatic heterocycles. The first kappa shape index (κ1) is 15.1. The van der Waals surface area contributed by atoms with Gasteiger partial charge in [0.25, 0.3) is 5.69 Å². The molecule has 1 aromatic carbocycles. The molecule has 0 unspecified atom stereocenters. The highest BCUT2D eigenvalue weighted by molar-refractivity contribution is 6.06. The van der Waals surface area contributed by atoms with E-state index in [1.54, 1.807) is 4.90 Å². The minimum absolute atomic E-state index is 0.0789. The highest BCUT2D eigenvalue weighted by Gasteiger charge is 2.43. The molecular formula is C14H18N6O3. The van der Waals surface area contributed by atoms with Crippen LogP contribution in [0.3, 0.4) is 0 Å². The lowest BCUT2D eigenvalue weighted by Gasteiger charge is -2.45. The van der Waals surface area contributed by atoms with Crippen molar-refractivity contribution in [2.24, 2.45) is 21.5 Å². The van der Waals surface area contributed by atoms with Gasteiger partial charge in [-0.25, -0.2) is 4.99 Å². The highest BCUT2D eigenvalue weighted by Crippen LogP contribution is 2.43. The number of hydrogen-bond donors (Lipinski definition) is 3. The minimum atomic E-state index is -0.749. The van der Waals surface area contributed by atoms with E-state index in [1.165, 1.54) is 18.2 Å². The van der Waals surface area contributed by atoms with Crippen molar-refractivity contribution < 1.29 is 10.0 Å². The number of benzene rings is 1. The van der Waals surface area contributed by atoms with E-state index in [-0.39, 0.29) is 29.0 Å². The maximum atomic E-state index is 11.0. The molecule has 0 atom stereocenters. The van der Waals surface area contributed by atoms with Gasteiger partial charge in [0, 0.05) is 12.1 Å². The number of guanidine groups is 2. The van der Waals surface area contributed by atoms with Crippen LogP contribution in [0.5, 0.6) is 5.75 Å². The molecule has 1 aliphatic heterocycles. The predicted octanol–water partition coefficient (Wildman–Crippen LogP) is 1.41. The molecule has 0 bridgehead atoms. The zero-order chi connectivity index (χ0) is 16.6. The van der Waals surface area contributed by atoms with E-state index >= 15 is 0 Å². The molecule has 1 fully saturated rings. The van der Waals surface area contributed by atoms with E-state index in [4.69, 9.17) is 11.5 Å². The lowest BCUT2D eigenvalue weighted by atomic mass is 9.87. The minimum Gasteiger partial charge on any atom is -0.506 e. The number of hydrogen-bond acceptors (Lipinski definition) is 8. The second-order valence-corrected chi connectivity index (χ2v) is 5.75. The molecular weight excluding hydrogens is 300 g/mol. The van der Waals surface area contributed by atoms with Crippen LogP contribution in [0.2, 0.25) is 0 Å². The van der Waals surface area contributed by atoms with Crippen molar-refractivity contribution in [1.29, 1.82) is 0 Å². The summed E-state index contributed by atoms with van der Waals surface area (Å²) in [6.45, 7) is 0. The van der Waals surface area contributed by atoms with Crippen molar-refractivity contribution in [3.8, 4) is 5.75 Å². The Morgan fingerprint density at radius 1 is 1.26 bits per heavy atom. The van der Waals surface area contributed by atoms with E-state index in [0.29, 0.717) is 12.8 Å². The van der Waals surface area contributed by atoms with Gasteiger partial charge in [0.05, 0.1) is 10.6 Å². The number of phenols is 1. The van der Waals surface area contributed by atoms with Crippen LogP contribution in [0.25, 0.3) is 0 Å². The molecule has 9 nitrogen and oxygen atoms in total. The van der Waals surface area contributed by atoms with E-state index in [1.807, 2.05) is 0 Å². The van der Waals surface area contributed by atoms with Crippen molar-refractivity contribution in [3.63, 3.8) is 0 Å². The van der Waals surface area contributed by atoms with Crippen LogP contribution in [0.15, 0.2) is 28.2 Å². The monoisotopic (exact) mass is 318 g/mol. The van der Waals surface area contributed by atoms with Crippen LogP contribution in [-0.4, -0.2) is 27.6 Å². The van der Waals surface area contributed by atoms with Crippen molar-refractivity contribution in [3.05, 3.63) is 28.3 Å². The van der Waals surface area contributed by atoms with Gasteiger partial charge in [0.15, 0.2) is 0 Å². The summed E-state index contributed by atoms with van der Waals surface area (Å²) in [5, 5.41) is 21.3. The van der Waals surface area contributed by atoms with Gasteiger partial charge >= 0.3 is 0 Å². The molecule has 0 amide bonds. The van der Waals surface area contributed by atoms with Crippen molar-refractivity contribution in [2.45, 2.75) is 37.8 Å². The molecule has 0 saturated heterocycles. The Kier molecular flexibility index (Phi) is 3.55. The lowest BCUT2D eigenvalue weighted by Crippen LogP contribution is -2.58. The number of nitro benzene ring substituents is 1. The average molecular weight is 318 g/mol. The third-order valence-corrected chi connectivity index (χ3v) is 4.26. The fraction of sp³-hybridized carbons (Fsp3) is 0.429. The Balaban J connectivity index is 2.14. The Morgan fingerprint density at radius 2 is 1.96 bits per heavy atom. The fourth-order valence-corrected chi connectivity index (χ4v) is 3.27. The normalized spacial score (nSPS) is 20.1. The summed E-state index contributed by atoms with van der Waals surface area (Å²) in [5.41, 5.74) is 11.1. The van der Waals surface area contributed by atoms with Crippen molar-refractivity contribution >= 4 is 23.3 Å². The number of rotatable bonds is 2. The summed E-state index contributed by atoms with van der Waals surface area (Å²) < 4.78 is 0. The topological polar surface area (TPSA) is 143 Å². The molecule has 0 radical (unpaired) electrons. The summed E-state index contributed by atoms with van der Waals surface area (Å²) in [4.78, 5) is 20.5. The first-order valence-electron chi connectivity index (χ1n) is 7.40. The van der Waals surface area contributed by atoms with Crippen LogP contribution in [-0.2, 0) is 0 Å². The maximum Gasteiger partial charge on any atom is 0.271 e. The molecule has 1 saturated carbocycles. The van der Waals surface area contributed by atoms with Crippen molar-refractivity contribution in [2.75, 3.05) is 4.90 Å². The van der Waals surface area contributed by atoms with Gasteiger partial charge in [0.2, 0.25) is 11.9 Å². The summed E-state index contributed by atoms with van der Waals surface area (Å²) >= 11 is 0. The zero-order valence-corrected chi connectivity index (χ0v) is 12.5. The first-order chi connectivity index (χ1) is 10.9. The molecule has 122 valence electrons. The number of non-ortho nitro benzene ring substituents is 1. The Hall–Kier alpha value is -2.84. The number of aromatic hydroxyl groups is 1. The average Bonchev–Trinajstić information content (AvgIpc) is 2.48. The standard InChI is InChI=1S/C14H18N6O3/c15-12-17-13(16)19(14(18-12)6-2-1-3-7-14)10-8-9(20(22)23)4-5-11(10)21/h4-5,8,21H,1-3,6-7H2,(H4,15,16,17,18). The van der Waals surface area contributed by atoms with Gasteiger partial charge in [-0.15, -0.1) is 0 Å². The lowest BCUT2D eigenvalue weighted by molar-refractivity contribution is -0.384. The van der Waals surface area contributed by atoms with E-state index in [9.17, 15) is 15.2 Å². The number of nitrogens with zero attached hydrogens (tertiary/aromatic N) is 4. The molecule has 23 heavy (non-hydrogen) atoms. The predicted molar refractivity (Wildman–Crippen MR) is 86.3 cm³/mol. The second-order valence-electron chi connectivity index (χ2n) is 5.75. The van der Waals surface area contributed by atoms with E-state index in [2.05, 4.69) is 9.98 Å². The largest absolute Gasteiger partial charge is 0.506 e. The van der Waals surface area contributed by atoms with Crippen molar-refractivity contribution in [1.82, 2.24) is 0 Å². The summed E-state index contributed by atoms with van der Waals surface area (Å²) in [5.74, 6) is 0.0511. The Bertz CT molecular complexity index is 708. The second kappa shape index (κ2) is 5.41. The van der Waals surface area contributed by atoms with Gasteiger partial charge in [-0.2, -0.15) is 4.99 Å². The number of aliphatic imine (C=N–C) groups is 2. The fourth-order valence-electron chi connectivity index (χ4n) is 3.27. The molecule has 3 rings (SSSR count). The zero-order valence-electron chi connectivity index (χ0n) is 12.5. The summed E-state index contributed by atoms with van der Waals surface area (Å²) in [6, 6.07) is 3.80. The maximum absolute atomic E-state index is 11.0. The molecule has 1 aromatic rings. The number of nitrogens with two attached hydrogens (primary N) is 2. The van der Waals surface area contributed by atoms with E-state index < -0.39 is 10.6 Å². The molecule has 1 aliphatic carbocycles. The molecule has 5 N–H and O–H groups in total. The van der Waals surface area contributed by atoms with Gasteiger partial charge in [-0.05, 0) is 31.7 Å². The Morgan fingerprint density at radius 3 is 2.61 bits per heavy atom. The summed E-state index contributed by atoms with van der Waals surface area (Å²) in [7, 11) is 0. The molecule has 1 spiro atoms. The third-order valence-electron chi connectivity index (χ3n) is 4.26. The molecule has 9 heteroatoms. The SMILES string of the molecule is NC1=NC2(CCCCC2)N(c2cc([N+](=O)[O-])ccc2O)C(N)=N1. The van der Waals surface area contributed by atoms with Crippen LogP contribution in [0, 0.1) is 10.1 Å². The van der Waals surface area contributed by atoms with Crippen LogP contribution in [0.4, 0.5) is 11.4 Å². The van der Waals surface area contributed by atoms with Gasteiger partial charge in [-0.1, -0.05) is 6.42 Å². The molecule has 2 aliphatic rings. The highest BCUT2D eigenvalue weighted by atomic mass is 16.6. The molecule has 1 heterocycles. The van der Waals surface area contributed by atoms with Crippen LogP contribution < -0.4 is 16.4 Å². The number of anilines is 1.